The molecule has 18 heavy (non-hydrogen) atoms. The molecule has 0 aliphatic carbocycles. The molecule has 100 valence electrons. The van der Waals surface area contributed by atoms with E-state index in [1.54, 1.807) is 13.8 Å². The van der Waals surface area contributed by atoms with Crippen molar-refractivity contribution in [3.8, 4) is 0 Å². The number of rotatable bonds is 5. The van der Waals surface area contributed by atoms with Gasteiger partial charge in [0, 0.05) is 0 Å². The molecule has 0 heterocycles. The van der Waals surface area contributed by atoms with Crippen LogP contribution in [0.4, 0.5) is 10.1 Å². The molecule has 7 heteroatoms. The zero-order valence-corrected chi connectivity index (χ0v) is 10.9. The van der Waals surface area contributed by atoms with Crippen LogP contribution in [-0.4, -0.2) is 18.6 Å². The van der Waals surface area contributed by atoms with Gasteiger partial charge in [-0.1, -0.05) is 13.8 Å². The fourth-order valence-corrected chi connectivity index (χ4v) is 3.70. The second-order valence-corrected chi connectivity index (χ2v) is 6.05. The highest BCUT2D eigenvalue weighted by atomic mass is 32.2. The van der Waals surface area contributed by atoms with E-state index in [2.05, 4.69) is 0 Å². The molecule has 0 spiro atoms. The molecule has 0 saturated heterocycles. The lowest BCUT2D eigenvalue weighted by Crippen LogP contribution is -2.20. The zero-order chi connectivity index (χ0) is 13.9. The highest BCUT2D eigenvalue weighted by Gasteiger charge is 2.31. The van der Waals surface area contributed by atoms with Gasteiger partial charge in [-0.15, -0.1) is 0 Å². The van der Waals surface area contributed by atoms with Crippen LogP contribution in [-0.2, 0) is 9.84 Å². The molecule has 0 unspecified atom stereocenters. The molecule has 0 radical (unpaired) electrons. The smallest absolute Gasteiger partial charge is 0.258 e. The monoisotopic (exact) mass is 275 g/mol. The molecule has 1 rings (SSSR count). The van der Waals surface area contributed by atoms with Crippen molar-refractivity contribution in [1.29, 1.82) is 0 Å². The van der Waals surface area contributed by atoms with Crippen LogP contribution < -0.4 is 0 Å². The molecule has 0 amide bonds. The predicted octanol–water partition coefficient (Wildman–Crippen LogP) is 2.70. The first-order valence-electron chi connectivity index (χ1n) is 5.52. The summed E-state index contributed by atoms with van der Waals surface area (Å²) in [4.78, 5) is 9.50. The Morgan fingerprint density at radius 3 is 2.33 bits per heavy atom. The Labute approximate surface area is 105 Å². The molecule has 1 aromatic carbocycles. The van der Waals surface area contributed by atoms with E-state index in [9.17, 15) is 22.9 Å². The maximum absolute atomic E-state index is 13.0. The number of sulfone groups is 1. The summed E-state index contributed by atoms with van der Waals surface area (Å²) in [5.41, 5.74) is -0.707. The van der Waals surface area contributed by atoms with Crippen LogP contribution in [0.15, 0.2) is 23.1 Å². The summed E-state index contributed by atoms with van der Waals surface area (Å²) in [7, 11) is -3.80. The van der Waals surface area contributed by atoms with Gasteiger partial charge in [-0.2, -0.15) is 0 Å². The molecule has 0 fully saturated rings. The number of nitro groups is 1. The Morgan fingerprint density at radius 2 is 1.89 bits per heavy atom. The average Bonchev–Trinajstić information content (AvgIpc) is 2.29. The molecule has 0 aliphatic heterocycles. The average molecular weight is 275 g/mol. The van der Waals surface area contributed by atoms with Crippen molar-refractivity contribution in [1.82, 2.24) is 0 Å². The maximum atomic E-state index is 13.0. The number of nitro benzene ring substituents is 1. The first-order valence-corrected chi connectivity index (χ1v) is 7.07. The Morgan fingerprint density at radius 1 is 1.33 bits per heavy atom. The molecule has 0 aromatic heterocycles. The minimum atomic E-state index is -3.80. The second kappa shape index (κ2) is 5.43. The number of hydrogen-bond acceptors (Lipinski definition) is 4. The molecule has 0 aliphatic rings. The quantitative estimate of drug-likeness (QED) is 0.470. The molecule has 0 N–H and O–H groups in total. The summed E-state index contributed by atoms with van der Waals surface area (Å²) in [6.07, 6.45) is 0.709. The van der Waals surface area contributed by atoms with Crippen LogP contribution in [0.2, 0.25) is 0 Å². The van der Waals surface area contributed by atoms with Crippen molar-refractivity contribution in [3.63, 3.8) is 0 Å². The SMILES string of the molecule is CCC(CC)S(=O)(=O)c1ccc(F)cc1[N+](=O)[O-]. The summed E-state index contributed by atoms with van der Waals surface area (Å²) < 4.78 is 37.4. The van der Waals surface area contributed by atoms with E-state index in [0.29, 0.717) is 18.9 Å². The van der Waals surface area contributed by atoms with Gasteiger partial charge in [0.1, 0.15) is 10.7 Å². The molecular weight excluding hydrogens is 261 g/mol. The van der Waals surface area contributed by atoms with Gasteiger partial charge in [-0.05, 0) is 25.0 Å². The lowest BCUT2D eigenvalue weighted by Gasteiger charge is -2.13. The highest BCUT2D eigenvalue weighted by molar-refractivity contribution is 7.92. The van der Waals surface area contributed by atoms with Crippen LogP contribution in [0.5, 0.6) is 0 Å². The number of benzene rings is 1. The Kier molecular flexibility index (Phi) is 4.39. The highest BCUT2D eigenvalue weighted by Crippen LogP contribution is 2.29. The Hall–Kier alpha value is -1.50. The van der Waals surface area contributed by atoms with E-state index in [4.69, 9.17) is 0 Å². The fourth-order valence-electron chi connectivity index (χ4n) is 1.78. The number of halogens is 1. The second-order valence-electron chi connectivity index (χ2n) is 3.85. The van der Waals surface area contributed by atoms with Gasteiger partial charge in [0.2, 0.25) is 0 Å². The van der Waals surface area contributed by atoms with Gasteiger partial charge in [0.15, 0.2) is 9.84 Å². The van der Waals surface area contributed by atoms with E-state index in [1.807, 2.05) is 0 Å². The fraction of sp³-hybridized carbons (Fsp3) is 0.455. The van der Waals surface area contributed by atoms with Crippen molar-refractivity contribution < 1.29 is 17.7 Å². The summed E-state index contributed by atoms with van der Waals surface area (Å²) in [6, 6.07) is 2.51. The molecule has 0 saturated carbocycles. The van der Waals surface area contributed by atoms with Crippen LogP contribution in [0.25, 0.3) is 0 Å². The van der Waals surface area contributed by atoms with E-state index in [0.717, 1.165) is 12.1 Å². The largest absolute Gasteiger partial charge is 0.290 e. The lowest BCUT2D eigenvalue weighted by atomic mass is 10.3. The summed E-state index contributed by atoms with van der Waals surface area (Å²) in [5.74, 6) is -0.829. The van der Waals surface area contributed by atoms with Gasteiger partial charge in [-0.25, -0.2) is 12.8 Å². The number of nitrogens with zero attached hydrogens (tertiary/aromatic N) is 1. The van der Waals surface area contributed by atoms with Crippen molar-refractivity contribution in [2.24, 2.45) is 0 Å². The van der Waals surface area contributed by atoms with Crippen LogP contribution in [0, 0.1) is 15.9 Å². The molecule has 0 bridgehead atoms. The van der Waals surface area contributed by atoms with E-state index in [-0.39, 0.29) is 0 Å². The predicted molar refractivity (Wildman–Crippen MR) is 64.6 cm³/mol. The molecule has 5 nitrogen and oxygen atoms in total. The van der Waals surface area contributed by atoms with Crippen molar-refractivity contribution in [2.75, 3.05) is 0 Å². The number of hydrogen-bond donors (Lipinski definition) is 0. The van der Waals surface area contributed by atoms with Crippen LogP contribution in [0.3, 0.4) is 0 Å². The standard InChI is InChI=1S/C11H14FNO4S/c1-3-9(4-2)18(16,17)11-6-5-8(12)7-10(11)13(14)15/h5-7,9H,3-4H2,1-2H3. The molecule has 0 atom stereocenters. The van der Waals surface area contributed by atoms with E-state index in [1.165, 1.54) is 0 Å². The first kappa shape index (κ1) is 14.6. The molecule has 1 aromatic rings. The topological polar surface area (TPSA) is 77.3 Å². The first-order chi connectivity index (χ1) is 8.34. The minimum Gasteiger partial charge on any atom is -0.258 e. The molecular formula is C11H14FNO4S. The van der Waals surface area contributed by atoms with Crippen LogP contribution in [0.1, 0.15) is 26.7 Å². The van der Waals surface area contributed by atoms with Gasteiger partial charge in [0.25, 0.3) is 5.69 Å². The van der Waals surface area contributed by atoms with Crippen molar-refractivity contribution >= 4 is 15.5 Å². The third-order valence-electron chi connectivity index (χ3n) is 2.77. The van der Waals surface area contributed by atoms with E-state index >= 15 is 0 Å². The third-order valence-corrected chi connectivity index (χ3v) is 5.28. The summed E-state index contributed by atoms with van der Waals surface area (Å²) >= 11 is 0. The van der Waals surface area contributed by atoms with Gasteiger partial charge >= 0.3 is 0 Å². The normalized spacial score (nSPS) is 11.8. The Balaban J connectivity index is 3.46. The van der Waals surface area contributed by atoms with Crippen molar-refractivity contribution in [3.05, 3.63) is 34.1 Å². The summed E-state index contributed by atoms with van der Waals surface area (Å²) in [5, 5.41) is 10.1. The summed E-state index contributed by atoms with van der Waals surface area (Å²) in [6.45, 7) is 3.39. The third kappa shape index (κ3) is 2.66. The van der Waals surface area contributed by atoms with Gasteiger partial charge in [0.05, 0.1) is 16.2 Å². The van der Waals surface area contributed by atoms with Gasteiger partial charge < -0.3 is 0 Å². The van der Waals surface area contributed by atoms with E-state index < -0.39 is 36.4 Å². The maximum Gasteiger partial charge on any atom is 0.290 e. The lowest BCUT2D eigenvalue weighted by molar-refractivity contribution is -0.388. The minimum absolute atomic E-state index is 0.355. The zero-order valence-electron chi connectivity index (χ0n) is 10.1. The van der Waals surface area contributed by atoms with Crippen molar-refractivity contribution in [2.45, 2.75) is 36.8 Å². The van der Waals surface area contributed by atoms with Crippen LogP contribution >= 0.6 is 0 Å². The van der Waals surface area contributed by atoms with Gasteiger partial charge in [-0.3, -0.25) is 10.1 Å². The Bertz CT molecular complexity index is 552.